The van der Waals surface area contributed by atoms with Crippen molar-refractivity contribution in [1.29, 1.82) is 0 Å². The number of nitrogens with two attached hydrogens (primary N) is 1. The summed E-state index contributed by atoms with van der Waals surface area (Å²) in [5.74, 6) is 7.54. The Labute approximate surface area is 110 Å². The minimum Gasteiger partial charge on any atom is -0.496 e. The molecule has 0 aliphatic heterocycles. The molecule has 0 amide bonds. The van der Waals surface area contributed by atoms with Crippen molar-refractivity contribution in [2.45, 2.75) is 6.92 Å². The van der Waals surface area contributed by atoms with Gasteiger partial charge in [-0.3, -0.25) is 0 Å². The number of ether oxygens (including phenoxy) is 2. The van der Waals surface area contributed by atoms with Crippen molar-refractivity contribution >= 4 is 17.2 Å². The van der Waals surface area contributed by atoms with E-state index < -0.39 is 0 Å². The molecule has 0 atom stereocenters. The van der Waals surface area contributed by atoms with Crippen LogP contribution in [0.4, 0.5) is 5.82 Å². The van der Waals surface area contributed by atoms with E-state index in [-0.39, 0.29) is 0 Å². The summed E-state index contributed by atoms with van der Waals surface area (Å²) in [5, 5.41) is 2.68. The van der Waals surface area contributed by atoms with Crippen LogP contribution in [0.1, 0.15) is 5.56 Å². The van der Waals surface area contributed by atoms with Crippen molar-refractivity contribution in [3.8, 4) is 22.1 Å². The van der Waals surface area contributed by atoms with Crippen LogP contribution in [0.5, 0.6) is 11.5 Å². The number of thiazole rings is 1. The van der Waals surface area contributed by atoms with Gasteiger partial charge in [-0.2, -0.15) is 0 Å². The van der Waals surface area contributed by atoms with Gasteiger partial charge in [0.05, 0.1) is 19.8 Å². The van der Waals surface area contributed by atoms with Gasteiger partial charge in [0.2, 0.25) is 0 Å². The maximum Gasteiger partial charge on any atom is 0.151 e. The molecular formula is C12H15N3O2S. The first-order valence-electron chi connectivity index (χ1n) is 5.34. The van der Waals surface area contributed by atoms with E-state index in [1.807, 2.05) is 24.4 Å². The molecule has 0 fully saturated rings. The third-order valence-electron chi connectivity index (χ3n) is 2.60. The SMILES string of the molecule is COc1cc(-c2nc(NN)cs2)c(OC)cc1C. The van der Waals surface area contributed by atoms with E-state index >= 15 is 0 Å². The van der Waals surface area contributed by atoms with Crippen LogP contribution in [0.2, 0.25) is 0 Å². The van der Waals surface area contributed by atoms with Crippen LogP contribution in [-0.2, 0) is 0 Å². The standard InChI is InChI=1S/C12H15N3O2S/c1-7-4-10(17-3)8(5-9(7)16-2)12-14-11(15-13)6-18-12/h4-6,15H,13H2,1-3H3. The summed E-state index contributed by atoms with van der Waals surface area (Å²) < 4.78 is 10.7. The van der Waals surface area contributed by atoms with E-state index in [0.29, 0.717) is 5.82 Å². The number of nitrogens with zero attached hydrogens (tertiary/aromatic N) is 1. The molecule has 1 aromatic carbocycles. The molecule has 2 aromatic rings. The smallest absolute Gasteiger partial charge is 0.151 e. The number of anilines is 1. The van der Waals surface area contributed by atoms with E-state index in [4.69, 9.17) is 15.3 Å². The Bertz CT molecular complexity index is 554. The van der Waals surface area contributed by atoms with Crippen LogP contribution in [0.3, 0.4) is 0 Å². The first-order valence-corrected chi connectivity index (χ1v) is 6.22. The quantitative estimate of drug-likeness (QED) is 0.656. The molecule has 1 aromatic heterocycles. The summed E-state index contributed by atoms with van der Waals surface area (Å²) in [4.78, 5) is 4.36. The summed E-state index contributed by atoms with van der Waals surface area (Å²) >= 11 is 1.49. The lowest BCUT2D eigenvalue weighted by atomic mass is 10.1. The van der Waals surface area contributed by atoms with Gasteiger partial charge in [0.1, 0.15) is 16.5 Å². The maximum absolute atomic E-state index is 5.38. The van der Waals surface area contributed by atoms with Crippen molar-refractivity contribution in [2.75, 3.05) is 19.6 Å². The molecular weight excluding hydrogens is 250 g/mol. The van der Waals surface area contributed by atoms with Crippen LogP contribution < -0.4 is 20.7 Å². The van der Waals surface area contributed by atoms with Crippen molar-refractivity contribution in [3.63, 3.8) is 0 Å². The van der Waals surface area contributed by atoms with Crippen LogP contribution in [0.25, 0.3) is 10.6 Å². The number of methoxy groups -OCH3 is 2. The summed E-state index contributed by atoms with van der Waals surface area (Å²) in [6.45, 7) is 1.97. The van der Waals surface area contributed by atoms with E-state index in [1.54, 1.807) is 14.2 Å². The molecule has 6 heteroatoms. The summed E-state index contributed by atoms with van der Waals surface area (Å²) in [5.41, 5.74) is 4.44. The van der Waals surface area contributed by atoms with Gasteiger partial charge in [0, 0.05) is 5.38 Å². The highest BCUT2D eigenvalue weighted by molar-refractivity contribution is 7.13. The van der Waals surface area contributed by atoms with Crippen molar-refractivity contribution in [3.05, 3.63) is 23.1 Å². The zero-order valence-corrected chi connectivity index (χ0v) is 11.3. The average Bonchev–Trinajstić information content (AvgIpc) is 2.87. The number of rotatable bonds is 4. The molecule has 0 spiro atoms. The Kier molecular flexibility index (Phi) is 3.69. The van der Waals surface area contributed by atoms with Gasteiger partial charge < -0.3 is 14.9 Å². The zero-order valence-electron chi connectivity index (χ0n) is 10.5. The summed E-state index contributed by atoms with van der Waals surface area (Å²) in [6, 6.07) is 3.86. The Hall–Kier alpha value is -1.79. The third-order valence-corrected chi connectivity index (χ3v) is 3.48. The van der Waals surface area contributed by atoms with Gasteiger partial charge in [0.15, 0.2) is 5.82 Å². The molecule has 1 heterocycles. The number of nitrogens with one attached hydrogen (secondary N) is 1. The van der Waals surface area contributed by atoms with E-state index in [0.717, 1.165) is 27.6 Å². The van der Waals surface area contributed by atoms with E-state index in [9.17, 15) is 0 Å². The molecule has 0 saturated carbocycles. The highest BCUT2D eigenvalue weighted by Gasteiger charge is 2.13. The molecule has 3 N–H and O–H groups in total. The second-order valence-electron chi connectivity index (χ2n) is 3.70. The van der Waals surface area contributed by atoms with Gasteiger partial charge in [-0.25, -0.2) is 10.8 Å². The number of aromatic nitrogens is 1. The number of aryl methyl sites for hydroxylation is 1. The predicted molar refractivity (Wildman–Crippen MR) is 73.2 cm³/mol. The van der Waals surface area contributed by atoms with Crippen LogP contribution in [0, 0.1) is 6.92 Å². The van der Waals surface area contributed by atoms with E-state index in [2.05, 4.69) is 10.4 Å². The minimum absolute atomic E-state index is 0.636. The monoisotopic (exact) mass is 265 g/mol. The van der Waals surface area contributed by atoms with Crippen LogP contribution in [-0.4, -0.2) is 19.2 Å². The second-order valence-corrected chi connectivity index (χ2v) is 4.56. The molecule has 0 aliphatic rings. The lowest BCUT2D eigenvalue weighted by molar-refractivity contribution is 0.402. The first kappa shape index (κ1) is 12.7. The van der Waals surface area contributed by atoms with Crippen molar-refractivity contribution < 1.29 is 9.47 Å². The average molecular weight is 265 g/mol. The number of hydrogen-bond donors (Lipinski definition) is 2. The van der Waals surface area contributed by atoms with Gasteiger partial charge >= 0.3 is 0 Å². The Morgan fingerprint density at radius 3 is 2.50 bits per heavy atom. The fourth-order valence-electron chi connectivity index (χ4n) is 1.68. The van der Waals surface area contributed by atoms with Gasteiger partial charge in [-0.15, -0.1) is 11.3 Å². The van der Waals surface area contributed by atoms with E-state index in [1.165, 1.54) is 11.3 Å². The number of nitrogen functional groups attached to an aromatic ring is 1. The van der Waals surface area contributed by atoms with Crippen molar-refractivity contribution in [2.24, 2.45) is 5.84 Å². The lowest BCUT2D eigenvalue weighted by Gasteiger charge is -2.11. The number of hydrogen-bond acceptors (Lipinski definition) is 6. The molecule has 0 saturated heterocycles. The Morgan fingerprint density at radius 2 is 1.94 bits per heavy atom. The Balaban J connectivity index is 2.54. The Morgan fingerprint density at radius 1 is 1.22 bits per heavy atom. The molecule has 0 bridgehead atoms. The largest absolute Gasteiger partial charge is 0.496 e. The van der Waals surface area contributed by atoms with Gasteiger partial charge in [-0.05, 0) is 24.6 Å². The first-order chi connectivity index (χ1) is 8.69. The second kappa shape index (κ2) is 5.24. The van der Waals surface area contributed by atoms with Gasteiger partial charge in [-0.1, -0.05) is 0 Å². The molecule has 0 unspecified atom stereocenters. The third kappa shape index (κ3) is 2.25. The molecule has 18 heavy (non-hydrogen) atoms. The fraction of sp³-hybridized carbons (Fsp3) is 0.250. The zero-order chi connectivity index (χ0) is 13.1. The molecule has 0 radical (unpaired) electrons. The highest BCUT2D eigenvalue weighted by Crippen LogP contribution is 2.37. The topological polar surface area (TPSA) is 69.4 Å². The number of hydrazine groups is 1. The number of benzene rings is 1. The molecule has 96 valence electrons. The summed E-state index contributed by atoms with van der Waals surface area (Å²) in [7, 11) is 3.29. The molecule has 2 rings (SSSR count). The lowest BCUT2D eigenvalue weighted by Crippen LogP contribution is -2.06. The fourth-order valence-corrected chi connectivity index (χ4v) is 2.46. The normalized spacial score (nSPS) is 10.2. The van der Waals surface area contributed by atoms with Crippen LogP contribution in [0.15, 0.2) is 17.5 Å². The van der Waals surface area contributed by atoms with Crippen molar-refractivity contribution in [1.82, 2.24) is 4.98 Å². The molecule has 5 nitrogen and oxygen atoms in total. The molecule has 0 aliphatic carbocycles. The minimum atomic E-state index is 0.636. The van der Waals surface area contributed by atoms with Crippen LogP contribution >= 0.6 is 11.3 Å². The predicted octanol–water partition coefficient (Wildman–Crippen LogP) is 2.42. The highest BCUT2D eigenvalue weighted by atomic mass is 32.1. The summed E-state index contributed by atoms with van der Waals surface area (Å²) in [6.07, 6.45) is 0. The van der Waals surface area contributed by atoms with Gasteiger partial charge in [0.25, 0.3) is 0 Å². The maximum atomic E-state index is 5.38.